The predicted octanol–water partition coefficient (Wildman–Crippen LogP) is 5.22. The second-order valence-corrected chi connectivity index (χ2v) is 11.7. The van der Waals surface area contributed by atoms with E-state index in [0.29, 0.717) is 53.9 Å². The maximum Gasteiger partial charge on any atom is 0.282 e. The number of rotatable bonds is 4. The molecule has 0 saturated carbocycles. The lowest BCUT2D eigenvalue weighted by atomic mass is 9.92. The highest BCUT2D eigenvalue weighted by molar-refractivity contribution is 8.14. The molecule has 1 aromatic heterocycles. The van der Waals surface area contributed by atoms with Gasteiger partial charge in [-0.3, -0.25) is 4.79 Å². The molecular weight excluding hydrogens is 463 g/mol. The normalized spacial score (nSPS) is 22.7. The molecule has 2 aliphatic rings. The van der Waals surface area contributed by atoms with Crippen molar-refractivity contribution in [3.05, 3.63) is 35.9 Å². The Kier molecular flexibility index (Phi) is 7.07. The lowest BCUT2D eigenvalue weighted by molar-refractivity contribution is -0.0738. The van der Waals surface area contributed by atoms with Crippen molar-refractivity contribution in [1.82, 2.24) is 14.9 Å². The molecule has 10 heteroatoms. The van der Waals surface area contributed by atoms with Crippen molar-refractivity contribution in [2.75, 3.05) is 18.5 Å². The smallest absolute Gasteiger partial charge is 0.282 e. The quantitative estimate of drug-likeness (QED) is 0.567. The summed E-state index contributed by atoms with van der Waals surface area (Å²) >= 11 is 5.51. The molecule has 2 aliphatic heterocycles. The molecule has 3 heterocycles. The number of nitrogens with zero attached hydrogens (tertiary/aromatic N) is 3. The summed E-state index contributed by atoms with van der Waals surface area (Å²) in [5.41, 5.74) is 0.991. The molecule has 4 rings (SSSR count). The van der Waals surface area contributed by atoms with E-state index in [1.807, 2.05) is 32.6 Å². The SMILES string of the molecule is Cc1c(Nc2ccc(S)cc2F)ncnc1OC1CC2COCC(C1)N2C(=O)SC(C)(C)C. The molecule has 2 bridgehead atoms. The van der Waals surface area contributed by atoms with Crippen molar-refractivity contribution >= 4 is 41.1 Å². The maximum absolute atomic E-state index is 14.2. The number of thiol groups is 1. The summed E-state index contributed by atoms with van der Waals surface area (Å²) in [6.07, 6.45) is 2.63. The van der Waals surface area contributed by atoms with Gasteiger partial charge < -0.3 is 19.7 Å². The molecule has 7 nitrogen and oxygen atoms in total. The van der Waals surface area contributed by atoms with Crippen LogP contribution in [0.2, 0.25) is 0 Å². The number of ether oxygens (including phenoxy) is 2. The summed E-state index contributed by atoms with van der Waals surface area (Å²) < 4.78 is 26.1. The van der Waals surface area contributed by atoms with Crippen LogP contribution in [0.15, 0.2) is 29.4 Å². The van der Waals surface area contributed by atoms with E-state index in [4.69, 9.17) is 9.47 Å². The minimum Gasteiger partial charge on any atom is -0.474 e. The number of thioether (sulfide) groups is 1. The van der Waals surface area contributed by atoms with Crippen LogP contribution >= 0.6 is 24.4 Å². The number of amides is 1. The molecule has 2 atom stereocenters. The highest BCUT2D eigenvalue weighted by Crippen LogP contribution is 2.36. The third-order valence-electron chi connectivity index (χ3n) is 5.60. The number of nitrogens with one attached hydrogen (secondary N) is 1. The van der Waals surface area contributed by atoms with Gasteiger partial charge in [-0.25, -0.2) is 14.4 Å². The van der Waals surface area contributed by atoms with Crippen LogP contribution in [0.25, 0.3) is 0 Å². The molecular formula is C23H29FN4O3S2. The van der Waals surface area contributed by atoms with Gasteiger partial charge in [0.2, 0.25) is 5.88 Å². The Morgan fingerprint density at radius 1 is 1.27 bits per heavy atom. The van der Waals surface area contributed by atoms with Gasteiger partial charge >= 0.3 is 0 Å². The fourth-order valence-electron chi connectivity index (χ4n) is 4.14. The van der Waals surface area contributed by atoms with E-state index in [1.165, 1.54) is 24.2 Å². The average Bonchev–Trinajstić information content (AvgIpc) is 2.71. The van der Waals surface area contributed by atoms with Crippen LogP contribution in [-0.4, -0.2) is 56.3 Å². The largest absolute Gasteiger partial charge is 0.474 e. The van der Waals surface area contributed by atoms with Crippen LogP contribution in [0.5, 0.6) is 5.88 Å². The number of benzene rings is 1. The Balaban J connectivity index is 1.47. The van der Waals surface area contributed by atoms with Crippen LogP contribution in [0, 0.1) is 12.7 Å². The van der Waals surface area contributed by atoms with Crippen LogP contribution in [0.1, 0.15) is 39.2 Å². The van der Waals surface area contributed by atoms with Gasteiger partial charge in [-0.2, -0.15) is 0 Å². The monoisotopic (exact) mass is 492 g/mol. The molecule has 2 fully saturated rings. The van der Waals surface area contributed by atoms with E-state index in [0.717, 1.165) is 0 Å². The van der Waals surface area contributed by atoms with E-state index in [-0.39, 0.29) is 28.2 Å². The Hall–Kier alpha value is -2.04. The van der Waals surface area contributed by atoms with Crippen LogP contribution in [0.3, 0.4) is 0 Å². The topological polar surface area (TPSA) is 76.6 Å². The van der Waals surface area contributed by atoms with Gasteiger partial charge in [-0.05, 0) is 25.1 Å². The van der Waals surface area contributed by atoms with Gasteiger partial charge in [0.1, 0.15) is 24.1 Å². The van der Waals surface area contributed by atoms with Gasteiger partial charge in [0.15, 0.2) is 0 Å². The summed E-state index contributed by atoms with van der Waals surface area (Å²) in [4.78, 5) is 24.0. The third kappa shape index (κ3) is 5.73. The van der Waals surface area contributed by atoms with E-state index in [2.05, 4.69) is 27.9 Å². The van der Waals surface area contributed by atoms with E-state index in [1.54, 1.807) is 12.1 Å². The van der Waals surface area contributed by atoms with E-state index in [9.17, 15) is 9.18 Å². The molecule has 2 unspecified atom stereocenters. The van der Waals surface area contributed by atoms with Crippen LogP contribution in [-0.2, 0) is 4.74 Å². The predicted molar refractivity (Wildman–Crippen MR) is 130 cm³/mol. The fraction of sp³-hybridized carbons (Fsp3) is 0.522. The first-order valence-corrected chi connectivity index (χ1v) is 12.2. The molecule has 1 aromatic carbocycles. The molecule has 1 amide bonds. The Bertz CT molecular complexity index is 1020. The van der Waals surface area contributed by atoms with Gasteiger partial charge in [0.25, 0.3) is 5.24 Å². The number of hydrogen-bond donors (Lipinski definition) is 2. The van der Waals surface area contributed by atoms with Crippen LogP contribution < -0.4 is 10.1 Å². The first-order chi connectivity index (χ1) is 15.6. The summed E-state index contributed by atoms with van der Waals surface area (Å²) in [5, 5.41) is 3.11. The Labute approximate surface area is 203 Å². The number of carbonyl (C=O) groups is 1. The van der Waals surface area contributed by atoms with Crippen molar-refractivity contribution < 1.29 is 18.7 Å². The average molecular weight is 493 g/mol. The van der Waals surface area contributed by atoms with E-state index < -0.39 is 5.82 Å². The number of hydrogen-bond acceptors (Lipinski definition) is 8. The summed E-state index contributed by atoms with van der Waals surface area (Å²) in [6, 6.07) is 4.60. The second-order valence-electron chi connectivity index (χ2n) is 9.39. The molecule has 178 valence electrons. The number of fused-ring (bicyclic) bond motifs is 2. The highest BCUT2D eigenvalue weighted by atomic mass is 32.2. The number of piperidine rings is 1. The maximum atomic E-state index is 14.2. The highest BCUT2D eigenvalue weighted by Gasteiger charge is 2.43. The molecule has 0 spiro atoms. The first kappa shape index (κ1) is 24.1. The zero-order chi connectivity index (χ0) is 23.8. The minimum absolute atomic E-state index is 0.0292. The van der Waals surface area contributed by atoms with Gasteiger partial charge in [0.05, 0.1) is 36.5 Å². The number of aromatic nitrogens is 2. The summed E-state index contributed by atoms with van der Waals surface area (Å²) in [5.74, 6) is 0.510. The van der Waals surface area contributed by atoms with Crippen molar-refractivity contribution in [3.63, 3.8) is 0 Å². The number of morpholine rings is 1. The van der Waals surface area contributed by atoms with Crippen molar-refractivity contribution in [3.8, 4) is 5.88 Å². The third-order valence-corrected chi connectivity index (χ3v) is 6.88. The van der Waals surface area contributed by atoms with E-state index >= 15 is 0 Å². The summed E-state index contributed by atoms with van der Waals surface area (Å²) in [7, 11) is 0. The van der Waals surface area contributed by atoms with Crippen LogP contribution in [0.4, 0.5) is 20.7 Å². The van der Waals surface area contributed by atoms with Gasteiger partial charge in [0, 0.05) is 22.5 Å². The summed E-state index contributed by atoms with van der Waals surface area (Å²) in [6.45, 7) is 8.97. The number of carbonyl (C=O) groups excluding carboxylic acids is 1. The zero-order valence-corrected chi connectivity index (χ0v) is 20.9. The van der Waals surface area contributed by atoms with Gasteiger partial charge in [-0.1, -0.05) is 32.5 Å². The lowest BCUT2D eigenvalue weighted by Gasteiger charge is -2.48. The van der Waals surface area contributed by atoms with Crippen molar-refractivity contribution in [1.29, 1.82) is 0 Å². The second kappa shape index (κ2) is 9.68. The zero-order valence-electron chi connectivity index (χ0n) is 19.2. The molecule has 1 N–H and O–H groups in total. The standard InChI is InChI=1S/C23H29FN4O3S2/c1-13-20(27-19-6-5-17(32)9-18(19)24)25-12-26-21(13)31-16-7-14-10-30-11-15(8-16)28(14)22(29)33-23(2,3)4/h5-6,9,12,14-16,32H,7-8,10-11H2,1-4H3,(H,25,26,27). The first-order valence-electron chi connectivity index (χ1n) is 10.9. The Morgan fingerprint density at radius 2 is 1.97 bits per heavy atom. The molecule has 0 radical (unpaired) electrons. The molecule has 2 aromatic rings. The molecule has 2 saturated heterocycles. The fourth-order valence-corrected chi connectivity index (χ4v) is 5.26. The minimum atomic E-state index is -0.416. The van der Waals surface area contributed by atoms with Crippen molar-refractivity contribution in [2.45, 2.75) is 68.4 Å². The lowest BCUT2D eigenvalue weighted by Crippen LogP contribution is -2.60. The number of halogens is 1. The molecule has 33 heavy (non-hydrogen) atoms. The molecule has 0 aliphatic carbocycles. The number of anilines is 2. The van der Waals surface area contributed by atoms with Crippen molar-refractivity contribution in [2.24, 2.45) is 0 Å². The van der Waals surface area contributed by atoms with Gasteiger partial charge in [-0.15, -0.1) is 12.6 Å². The Morgan fingerprint density at radius 3 is 2.61 bits per heavy atom.